The lowest BCUT2D eigenvalue weighted by atomic mass is 10.1. The first-order chi connectivity index (χ1) is 10.1. The highest BCUT2D eigenvalue weighted by molar-refractivity contribution is 5.85. The Kier molecular flexibility index (Phi) is 5.14. The maximum Gasteiger partial charge on any atom is 0.328 e. The molecule has 1 saturated carbocycles. The zero-order valence-electron chi connectivity index (χ0n) is 12.3. The largest absolute Gasteiger partial charge is 0.478 e. The van der Waals surface area contributed by atoms with Gasteiger partial charge in [0, 0.05) is 25.6 Å². The number of aliphatic carboxylic acids is 1. The molecule has 1 N–H and O–H groups in total. The number of carboxylic acids is 1. The number of amides is 1. The van der Waals surface area contributed by atoms with Gasteiger partial charge >= 0.3 is 5.97 Å². The van der Waals surface area contributed by atoms with Gasteiger partial charge in [-0.2, -0.15) is 0 Å². The molecule has 0 bridgehead atoms. The van der Waals surface area contributed by atoms with E-state index in [9.17, 15) is 9.59 Å². The molecule has 1 aromatic carbocycles. The van der Waals surface area contributed by atoms with Crippen LogP contribution in [-0.4, -0.2) is 28.9 Å². The number of carbonyl (C=O) groups excluding carboxylic acids is 1. The van der Waals surface area contributed by atoms with Gasteiger partial charge in [-0.05, 0) is 30.0 Å². The fourth-order valence-corrected chi connectivity index (χ4v) is 2.74. The van der Waals surface area contributed by atoms with Gasteiger partial charge in [0.25, 0.3) is 0 Å². The van der Waals surface area contributed by atoms with E-state index in [4.69, 9.17) is 5.11 Å². The van der Waals surface area contributed by atoms with Crippen molar-refractivity contribution in [2.45, 2.75) is 32.2 Å². The highest BCUT2D eigenvalue weighted by Crippen LogP contribution is 2.26. The van der Waals surface area contributed by atoms with Crippen molar-refractivity contribution in [2.75, 3.05) is 7.05 Å². The SMILES string of the molecule is CN(Cc1ccc(C=CC(=O)O)cc1)C(=O)C1CCCC1. The van der Waals surface area contributed by atoms with Crippen LogP contribution in [0.15, 0.2) is 30.3 Å². The third kappa shape index (κ3) is 4.45. The number of carbonyl (C=O) groups is 2. The average molecular weight is 287 g/mol. The predicted octanol–water partition coefficient (Wildman–Crippen LogP) is 2.93. The van der Waals surface area contributed by atoms with Crippen molar-refractivity contribution in [3.05, 3.63) is 41.5 Å². The molecule has 1 aromatic rings. The van der Waals surface area contributed by atoms with E-state index in [1.165, 1.54) is 0 Å². The third-order valence-electron chi connectivity index (χ3n) is 3.90. The fourth-order valence-electron chi connectivity index (χ4n) is 2.74. The lowest BCUT2D eigenvalue weighted by Crippen LogP contribution is -2.31. The molecule has 0 aromatic heterocycles. The Bertz CT molecular complexity index is 527. The Balaban J connectivity index is 1.93. The number of rotatable bonds is 5. The summed E-state index contributed by atoms with van der Waals surface area (Å²) >= 11 is 0. The van der Waals surface area contributed by atoms with Crippen LogP contribution >= 0.6 is 0 Å². The summed E-state index contributed by atoms with van der Waals surface area (Å²) in [7, 11) is 1.85. The van der Waals surface area contributed by atoms with Crippen LogP contribution in [0.4, 0.5) is 0 Å². The maximum atomic E-state index is 12.2. The van der Waals surface area contributed by atoms with Crippen molar-refractivity contribution in [1.82, 2.24) is 4.90 Å². The first kappa shape index (κ1) is 15.3. The topological polar surface area (TPSA) is 57.6 Å². The molecule has 4 heteroatoms. The van der Waals surface area contributed by atoms with Crippen molar-refractivity contribution in [1.29, 1.82) is 0 Å². The van der Waals surface area contributed by atoms with Gasteiger partial charge in [0.15, 0.2) is 0 Å². The second-order valence-electron chi connectivity index (χ2n) is 5.59. The summed E-state index contributed by atoms with van der Waals surface area (Å²) in [5.74, 6) is -0.518. The Morgan fingerprint density at radius 3 is 2.43 bits per heavy atom. The molecule has 0 heterocycles. The van der Waals surface area contributed by atoms with Crippen LogP contribution in [0.1, 0.15) is 36.8 Å². The maximum absolute atomic E-state index is 12.2. The van der Waals surface area contributed by atoms with Crippen molar-refractivity contribution >= 4 is 18.0 Å². The summed E-state index contributed by atoms with van der Waals surface area (Å²) < 4.78 is 0. The zero-order chi connectivity index (χ0) is 15.2. The minimum atomic E-state index is -0.957. The average Bonchev–Trinajstić information content (AvgIpc) is 2.99. The standard InChI is InChI=1S/C17H21NO3/c1-18(17(21)15-4-2-3-5-15)12-14-8-6-13(7-9-14)10-11-16(19)20/h6-11,15H,2-5,12H2,1H3,(H,19,20). The predicted molar refractivity (Wildman–Crippen MR) is 81.5 cm³/mol. The van der Waals surface area contributed by atoms with E-state index >= 15 is 0 Å². The number of carboxylic acid groups (broad SMARTS) is 1. The van der Waals surface area contributed by atoms with Crippen LogP contribution < -0.4 is 0 Å². The summed E-state index contributed by atoms with van der Waals surface area (Å²) in [6.45, 7) is 0.595. The molecule has 112 valence electrons. The molecule has 1 fully saturated rings. The molecule has 1 aliphatic rings. The highest BCUT2D eigenvalue weighted by atomic mass is 16.4. The van der Waals surface area contributed by atoms with E-state index in [0.29, 0.717) is 6.54 Å². The summed E-state index contributed by atoms with van der Waals surface area (Å²) in [4.78, 5) is 24.5. The van der Waals surface area contributed by atoms with Gasteiger partial charge < -0.3 is 10.0 Å². The molecule has 21 heavy (non-hydrogen) atoms. The molecule has 0 atom stereocenters. The first-order valence-electron chi connectivity index (χ1n) is 7.31. The highest BCUT2D eigenvalue weighted by Gasteiger charge is 2.25. The number of nitrogens with zero attached hydrogens (tertiary/aromatic N) is 1. The molecular formula is C17H21NO3. The number of benzene rings is 1. The summed E-state index contributed by atoms with van der Waals surface area (Å²) in [6.07, 6.45) is 7.03. The van der Waals surface area contributed by atoms with E-state index in [2.05, 4.69) is 0 Å². The first-order valence-corrected chi connectivity index (χ1v) is 7.31. The third-order valence-corrected chi connectivity index (χ3v) is 3.90. The Labute approximate surface area is 125 Å². The van der Waals surface area contributed by atoms with Crippen molar-refractivity contribution in [3.8, 4) is 0 Å². The van der Waals surface area contributed by atoms with E-state index in [1.54, 1.807) is 11.0 Å². The molecule has 0 spiro atoms. The van der Waals surface area contributed by atoms with Crippen LogP contribution in [0.5, 0.6) is 0 Å². The summed E-state index contributed by atoms with van der Waals surface area (Å²) in [5, 5.41) is 8.58. The van der Waals surface area contributed by atoms with Gasteiger partial charge in [0.05, 0.1) is 0 Å². The normalized spacial score (nSPS) is 15.5. The van der Waals surface area contributed by atoms with Gasteiger partial charge in [-0.1, -0.05) is 37.1 Å². The summed E-state index contributed by atoms with van der Waals surface area (Å²) in [5.41, 5.74) is 1.89. The second-order valence-corrected chi connectivity index (χ2v) is 5.59. The fraction of sp³-hybridized carbons (Fsp3) is 0.412. The van der Waals surface area contributed by atoms with Crippen molar-refractivity contribution < 1.29 is 14.7 Å². The summed E-state index contributed by atoms with van der Waals surface area (Å²) in [6, 6.07) is 7.59. The molecular weight excluding hydrogens is 266 g/mol. The Morgan fingerprint density at radius 1 is 1.24 bits per heavy atom. The lowest BCUT2D eigenvalue weighted by Gasteiger charge is -2.21. The molecule has 1 aliphatic carbocycles. The lowest BCUT2D eigenvalue weighted by molar-refractivity contribution is -0.134. The number of hydrogen-bond donors (Lipinski definition) is 1. The van der Waals surface area contributed by atoms with Crippen LogP contribution in [0, 0.1) is 5.92 Å². The molecule has 0 saturated heterocycles. The van der Waals surface area contributed by atoms with Gasteiger partial charge in [-0.3, -0.25) is 4.79 Å². The van der Waals surface area contributed by atoms with Gasteiger partial charge in [-0.25, -0.2) is 4.79 Å². The minimum absolute atomic E-state index is 0.202. The van der Waals surface area contributed by atoms with E-state index < -0.39 is 5.97 Å². The molecule has 0 aliphatic heterocycles. The number of hydrogen-bond acceptors (Lipinski definition) is 2. The molecule has 4 nitrogen and oxygen atoms in total. The minimum Gasteiger partial charge on any atom is -0.478 e. The van der Waals surface area contributed by atoms with E-state index in [0.717, 1.165) is 42.9 Å². The smallest absolute Gasteiger partial charge is 0.328 e. The van der Waals surface area contributed by atoms with Crippen LogP contribution in [0.25, 0.3) is 6.08 Å². The zero-order valence-corrected chi connectivity index (χ0v) is 12.3. The second kappa shape index (κ2) is 7.07. The van der Waals surface area contributed by atoms with E-state index in [-0.39, 0.29) is 11.8 Å². The van der Waals surface area contributed by atoms with Crippen LogP contribution in [0.3, 0.4) is 0 Å². The molecule has 2 rings (SSSR count). The van der Waals surface area contributed by atoms with Crippen molar-refractivity contribution in [3.63, 3.8) is 0 Å². The van der Waals surface area contributed by atoms with Gasteiger partial charge in [0.2, 0.25) is 5.91 Å². The molecule has 1 amide bonds. The van der Waals surface area contributed by atoms with Crippen LogP contribution in [-0.2, 0) is 16.1 Å². The Hall–Kier alpha value is -2.10. The quantitative estimate of drug-likeness (QED) is 0.847. The van der Waals surface area contributed by atoms with Gasteiger partial charge in [0.1, 0.15) is 0 Å². The van der Waals surface area contributed by atoms with E-state index in [1.807, 2.05) is 31.3 Å². The molecule has 0 radical (unpaired) electrons. The molecule has 0 unspecified atom stereocenters. The Morgan fingerprint density at radius 2 is 1.86 bits per heavy atom. The monoisotopic (exact) mass is 287 g/mol. The van der Waals surface area contributed by atoms with Crippen LogP contribution in [0.2, 0.25) is 0 Å². The van der Waals surface area contributed by atoms with Gasteiger partial charge in [-0.15, -0.1) is 0 Å². The van der Waals surface area contributed by atoms with Crippen molar-refractivity contribution in [2.24, 2.45) is 5.92 Å².